The van der Waals surface area contributed by atoms with Crippen LogP contribution >= 0.6 is 0 Å². The van der Waals surface area contributed by atoms with E-state index >= 15 is 0 Å². The van der Waals surface area contributed by atoms with Crippen molar-refractivity contribution in [2.45, 2.75) is 66.4 Å². The third-order valence-electron chi connectivity index (χ3n) is 4.99. The highest BCUT2D eigenvalue weighted by atomic mass is 19.4. The lowest BCUT2D eigenvalue weighted by atomic mass is 9.86. The van der Waals surface area contributed by atoms with Crippen LogP contribution in [-0.2, 0) is 4.79 Å². The van der Waals surface area contributed by atoms with Gasteiger partial charge in [-0.1, -0.05) is 0 Å². The molecule has 0 fully saturated rings. The third kappa shape index (κ3) is 5.41. The summed E-state index contributed by atoms with van der Waals surface area (Å²) < 4.78 is 250. The molecule has 0 atom stereocenters. The van der Waals surface area contributed by atoms with Gasteiger partial charge in [0.05, 0.1) is 26.6 Å². The second-order valence-corrected chi connectivity index (χ2v) is 8.52. The molecular weight excluding hydrogens is 599 g/mol. The lowest BCUT2D eigenvalue weighted by Crippen LogP contribution is -2.75. The Labute approximate surface area is 198 Å². The first kappa shape index (κ1) is 36.1. The molecule has 0 saturated carbocycles. The van der Waals surface area contributed by atoms with E-state index in [1.807, 2.05) is 0 Å². The molecule has 0 saturated heterocycles. The quantitative estimate of drug-likeness (QED) is 0.211. The molecule has 0 radical (unpaired) electrons. The number of carboxylic acids is 1. The fourth-order valence-electron chi connectivity index (χ4n) is 2.71. The van der Waals surface area contributed by atoms with E-state index in [9.17, 15) is 93.3 Å². The molecule has 0 amide bonds. The van der Waals surface area contributed by atoms with Crippen LogP contribution in [0.5, 0.6) is 0 Å². The number of carbonyl (C=O) groups excluding carboxylic acids is 1. The number of aliphatic carboxylic acids is 1. The van der Waals surface area contributed by atoms with Crippen LogP contribution in [-0.4, -0.2) is 91.2 Å². The van der Waals surface area contributed by atoms with E-state index in [0.717, 1.165) is 14.1 Å². The lowest BCUT2D eigenvalue weighted by Gasteiger charge is -2.43. The molecule has 0 aromatic carbocycles. The molecule has 3 nitrogen and oxygen atoms in total. The van der Waals surface area contributed by atoms with Crippen molar-refractivity contribution < 1.29 is 97.8 Å². The summed E-state index contributed by atoms with van der Waals surface area (Å²) in [6.07, 6.45) is -12.1. The van der Waals surface area contributed by atoms with Gasteiger partial charge in [0.25, 0.3) is 0 Å². The maximum absolute atomic E-state index is 13.8. The van der Waals surface area contributed by atoms with Crippen molar-refractivity contribution in [3.8, 4) is 0 Å². The molecule has 0 aliphatic rings. The normalized spacial score (nSPS) is 16.1. The number of likely N-dealkylation sites (N-methyl/N-ethyl adjacent to an activating group) is 1. The van der Waals surface area contributed by atoms with Crippen molar-refractivity contribution in [3.63, 3.8) is 0 Å². The number of carbonyl (C=O) groups is 1. The Hall–Kier alpha value is -1.90. The van der Waals surface area contributed by atoms with E-state index in [-0.39, 0.29) is 0 Å². The van der Waals surface area contributed by atoms with Gasteiger partial charge in [-0.15, -0.1) is 0 Å². The second kappa shape index (κ2) is 9.63. The molecule has 0 unspecified atom stereocenters. The largest absolute Gasteiger partial charge is 0.544 e. The van der Waals surface area contributed by atoms with E-state index < -0.39 is 89.9 Å². The number of carboxylic acid groups (broad SMARTS) is 1. The summed E-state index contributed by atoms with van der Waals surface area (Å²) in [6.45, 7) is -2.00. The predicted octanol–water partition coefficient (Wildman–Crippen LogP) is 5.24. The summed E-state index contributed by atoms with van der Waals surface area (Å²) in [4.78, 5) is 10.5. The summed E-state index contributed by atoms with van der Waals surface area (Å²) in [5.41, 5.74) is 0. The fraction of sp³-hybridized carbons (Fsp3) is 0.938. The van der Waals surface area contributed by atoms with Crippen LogP contribution < -0.4 is 5.11 Å². The van der Waals surface area contributed by atoms with Crippen molar-refractivity contribution >= 4 is 5.97 Å². The fourth-order valence-corrected chi connectivity index (χ4v) is 2.71. The number of hydrogen-bond acceptors (Lipinski definition) is 2. The van der Waals surface area contributed by atoms with Crippen LogP contribution in [0.1, 0.15) is 12.8 Å². The van der Waals surface area contributed by atoms with Crippen molar-refractivity contribution in [3.05, 3.63) is 0 Å². The van der Waals surface area contributed by atoms with Gasteiger partial charge in [-0.3, -0.25) is 0 Å². The molecule has 0 aliphatic heterocycles. The maximum Gasteiger partial charge on any atom is 0.460 e. The van der Waals surface area contributed by atoms with Gasteiger partial charge < -0.3 is 14.4 Å². The van der Waals surface area contributed by atoms with Gasteiger partial charge in [-0.2, -0.15) is 83.4 Å². The van der Waals surface area contributed by atoms with Gasteiger partial charge in [0.2, 0.25) is 0 Å². The average molecular weight is 613 g/mol. The highest BCUT2D eigenvalue weighted by Crippen LogP contribution is 2.65. The molecule has 0 N–H and O–H groups in total. The standard InChI is InChI=1S/C16H14F19NO2/c1-36(2,6-7(37)38)5-3-4-8(17,18)9(19,20)10(21,22)11(23,24)12(25,26)13(27,28)14(29,30)15(31,32)16(33,34)35/h3-6H2,1-2H3. The smallest absolute Gasteiger partial charge is 0.460 e. The van der Waals surface area contributed by atoms with Gasteiger partial charge in [0.1, 0.15) is 6.54 Å². The SMILES string of the molecule is C[N+](C)(CCCC(F)(F)C(F)(F)C(F)(F)C(F)(F)C(F)(F)C(F)(F)C(F)(F)C(F)(F)C(F)(F)F)CC(=O)[O-]. The molecule has 22 heteroatoms. The van der Waals surface area contributed by atoms with Gasteiger partial charge >= 0.3 is 53.6 Å². The molecule has 0 bridgehead atoms. The van der Waals surface area contributed by atoms with E-state index in [1.165, 1.54) is 0 Å². The maximum atomic E-state index is 13.8. The summed E-state index contributed by atoms with van der Waals surface area (Å²) in [6, 6.07) is 0. The Balaban J connectivity index is 6.51. The Morgan fingerprint density at radius 2 is 0.842 bits per heavy atom. The summed E-state index contributed by atoms with van der Waals surface area (Å²) in [7, 11) is 1.79. The first-order valence-electron chi connectivity index (χ1n) is 9.23. The van der Waals surface area contributed by atoms with Gasteiger partial charge in [0, 0.05) is 12.8 Å². The third-order valence-corrected chi connectivity index (χ3v) is 4.99. The topological polar surface area (TPSA) is 40.1 Å². The van der Waals surface area contributed by atoms with Crippen molar-refractivity contribution in [1.82, 2.24) is 0 Å². The summed E-state index contributed by atoms with van der Waals surface area (Å²) in [5, 5.41) is 10.5. The Morgan fingerprint density at radius 1 is 0.553 bits per heavy atom. The van der Waals surface area contributed by atoms with E-state index in [1.54, 1.807) is 0 Å². The zero-order chi connectivity index (χ0) is 31.4. The molecule has 0 heterocycles. The van der Waals surface area contributed by atoms with Crippen molar-refractivity contribution in [2.24, 2.45) is 0 Å². The number of quaternary nitrogens is 1. The molecule has 38 heavy (non-hydrogen) atoms. The average Bonchev–Trinajstić information content (AvgIpc) is 2.64. The van der Waals surface area contributed by atoms with Crippen LogP contribution in [0.4, 0.5) is 83.4 Å². The van der Waals surface area contributed by atoms with Crippen molar-refractivity contribution in [1.29, 1.82) is 0 Å². The lowest BCUT2D eigenvalue weighted by molar-refractivity contribution is -0.885. The van der Waals surface area contributed by atoms with E-state index in [4.69, 9.17) is 0 Å². The zero-order valence-electron chi connectivity index (χ0n) is 18.3. The number of halogens is 19. The predicted molar refractivity (Wildman–Crippen MR) is 81.7 cm³/mol. The van der Waals surface area contributed by atoms with Crippen LogP contribution in [0.3, 0.4) is 0 Å². The number of hydrogen-bond donors (Lipinski definition) is 0. The minimum Gasteiger partial charge on any atom is -0.544 e. The molecule has 0 spiro atoms. The van der Waals surface area contributed by atoms with E-state index in [2.05, 4.69) is 0 Å². The number of nitrogens with zero attached hydrogens (tertiary/aromatic N) is 1. The highest BCUT2D eigenvalue weighted by molar-refractivity contribution is 5.65. The molecular formula is C16H14F19NO2. The van der Waals surface area contributed by atoms with E-state index in [0.29, 0.717) is 0 Å². The van der Waals surface area contributed by atoms with Crippen LogP contribution in [0.15, 0.2) is 0 Å². The molecule has 0 rings (SSSR count). The Kier molecular flexibility index (Phi) is 9.15. The minimum atomic E-state index is -8.95. The van der Waals surface area contributed by atoms with Gasteiger partial charge in [-0.05, 0) is 0 Å². The number of rotatable bonds is 13. The first-order valence-corrected chi connectivity index (χ1v) is 9.23. The van der Waals surface area contributed by atoms with Crippen LogP contribution in [0, 0.1) is 0 Å². The van der Waals surface area contributed by atoms with Gasteiger partial charge in [0.15, 0.2) is 0 Å². The molecule has 0 aromatic heterocycles. The Bertz CT molecular complexity index is 861. The van der Waals surface area contributed by atoms with Crippen molar-refractivity contribution in [2.75, 3.05) is 27.2 Å². The second-order valence-electron chi connectivity index (χ2n) is 8.52. The Morgan fingerprint density at radius 3 is 1.13 bits per heavy atom. The monoisotopic (exact) mass is 613 g/mol. The first-order chi connectivity index (χ1) is 16.1. The number of alkyl halides is 19. The molecule has 0 aromatic rings. The van der Waals surface area contributed by atoms with Gasteiger partial charge in [-0.25, -0.2) is 0 Å². The highest BCUT2D eigenvalue weighted by Gasteiger charge is 2.96. The zero-order valence-corrected chi connectivity index (χ0v) is 18.3. The summed E-state index contributed by atoms with van der Waals surface area (Å²) in [5.74, 6) is -68.6. The molecule has 0 aliphatic carbocycles. The molecule has 228 valence electrons. The van der Waals surface area contributed by atoms with Crippen LogP contribution in [0.25, 0.3) is 0 Å². The summed E-state index contributed by atoms with van der Waals surface area (Å²) >= 11 is 0. The minimum absolute atomic E-state index is 0.897. The van der Waals surface area contributed by atoms with Crippen LogP contribution in [0.2, 0.25) is 0 Å².